The summed E-state index contributed by atoms with van der Waals surface area (Å²) in [7, 11) is 3.74. The summed E-state index contributed by atoms with van der Waals surface area (Å²) >= 11 is 6.51. The second kappa shape index (κ2) is 12.0. The number of alkyl halides is 3. The van der Waals surface area contributed by atoms with E-state index in [1.54, 1.807) is 38.1 Å². The zero-order chi connectivity index (χ0) is 30.8. The molecule has 4 aromatic rings. The third kappa shape index (κ3) is 7.17. The fourth-order valence-corrected chi connectivity index (χ4v) is 4.39. The predicted octanol–water partition coefficient (Wildman–Crippen LogP) is 6.50. The van der Waals surface area contributed by atoms with Gasteiger partial charge in [-0.15, -0.1) is 0 Å². The number of carbonyl (C=O) groups is 1. The number of hydrogen-bond acceptors (Lipinski definition) is 7. The molecule has 42 heavy (non-hydrogen) atoms. The number of ether oxygens (including phenoxy) is 1. The van der Waals surface area contributed by atoms with E-state index in [0.717, 1.165) is 12.1 Å². The van der Waals surface area contributed by atoms with Gasteiger partial charge in [-0.1, -0.05) is 29.8 Å². The molecule has 1 aromatic heterocycles. The van der Waals surface area contributed by atoms with E-state index in [4.69, 9.17) is 22.1 Å². The Morgan fingerprint density at radius 3 is 2.50 bits per heavy atom. The molecule has 0 atom stereocenters. The fraction of sp³-hybridized carbons (Fsp3) is 0.233. The standard InChI is InChI=1S/C30H29ClF3N5O3/c1-29(2,41)22-14-26(42-19-7-5-6-18(13-19)30(32,33)34)23(31)15-25(22)38-28-21-12-17(8-9-24(21)36-16-37-28)20(27(35)40)10-11-39(3)4/h5-10,12-16,41H,11H2,1-4H3,(H2,35,40)(H,36,37,38). The van der Waals surface area contributed by atoms with Crippen molar-refractivity contribution in [1.82, 2.24) is 14.9 Å². The first-order chi connectivity index (χ1) is 19.6. The third-order valence-corrected chi connectivity index (χ3v) is 6.54. The average molecular weight is 600 g/mol. The SMILES string of the molecule is CN(C)CC=C(C(N)=O)c1ccc2ncnc(Nc3cc(Cl)c(Oc4cccc(C(F)(F)F)c4)cc3C(C)(C)O)c2c1. The van der Waals surface area contributed by atoms with E-state index in [1.165, 1.54) is 30.6 Å². The van der Waals surface area contributed by atoms with E-state index in [1.807, 2.05) is 19.0 Å². The smallest absolute Gasteiger partial charge is 0.416 e. The van der Waals surface area contributed by atoms with Crippen molar-refractivity contribution < 1.29 is 27.8 Å². The van der Waals surface area contributed by atoms with Crippen molar-refractivity contribution >= 4 is 45.5 Å². The molecular formula is C30H29ClF3N5O3. The molecule has 4 rings (SSSR count). The van der Waals surface area contributed by atoms with Gasteiger partial charge in [-0.3, -0.25) is 4.79 Å². The second-order valence-corrected chi connectivity index (χ2v) is 10.7. The second-order valence-electron chi connectivity index (χ2n) is 10.3. The average Bonchev–Trinajstić information content (AvgIpc) is 2.89. The van der Waals surface area contributed by atoms with Crippen molar-refractivity contribution in [3.8, 4) is 11.5 Å². The molecule has 0 saturated carbocycles. The number of nitrogens with two attached hydrogens (primary N) is 1. The first-order valence-corrected chi connectivity index (χ1v) is 13.1. The number of hydrogen-bond donors (Lipinski definition) is 3. The molecule has 0 aliphatic carbocycles. The van der Waals surface area contributed by atoms with Crippen LogP contribution >= 0.6 is 11.6 Å². The summed E-state index contributed by atoms with van der Waals surface area (Å²) in [5, 5.41) is 14.8. The van der Waals surface area contributed by atoms with Gasteiger partial charge in [0.2, 0.25) is 5.91 Å². The van der Waals surface area contributed by atoms with Crippen molar-refractivity contribution in [2.24, 2.45) is 5.73 Å². The topological polar surface area (TPSA) is 114 Å². The van der Waals surface area contributed by atoms with Crippen molar-refractivity contribution in [3.63, 3.8) is 0 Å². The lowest BCUT2D eigenvalue weighted by molar-refractivity contribution is -0.137. The van der Waals surface area contributed by atoms with Gasteiger partial charge in [0.25, 0.3) is 0 Å². The summed E-state index contributed by atoms with van der Waals surface area (Å²) in [5.74, 6) is -0.261. The Morgan fingerprint density at radius 1 is 1.12 bits per heavy atom. The lowest BCUT2D eigenvalue weighted by atomic mass is 9.95. The molecule has 0 aliphatic heterocycles. The van der Waals surface area contributed by atoms with Crippen molar-refractivity contribution in [1.29, 1.82) is 0 Å². The number of amides is 1. The number of likely N-dealkylation sites (N-methyl/N-ethyl adjacent to an activating group) is 1. The molecule has 0 spiro atoms. The number of anilines is 2. The summed E-state index contributed by atoms with van der Waals surface area (Å²) in [4.78, 5) is 22.8. The number of aromatic nitrogens is 2. The Kier molecular flexibility index (Phi) is 8.76. The number of benzene rings is 3. The molecule has 0 saturated heterocycles. The van der Waals surface area contributed by atoms with Gasteiger partial charge in [0.05, 0.1) is 21.7 Å². The maximum Gasteiger partial charge on any atom is 0.416 e. The summed E-state index contributed by atoms with van der Waals surface area (Å²) in [6.07, 6.45) is -1.46. The minimum atomic E-state index is -4.55. The van der Waals surface area contributed by atoms with Crippen LogP contribution in [0.15, 0.2) is 67.0 Å². The third-order valence-electron chi connectivity index (χ3n) is 6.25. The first-order valence-electron chi connectivity index (χ1n) is 12.7. The van der Waals surface area contributed by atoms with Crippen LogP contribution in [0.1, 0.15) is 30.5 Å². The minimum Gasteiger partial charge on any atom is -0.456 e. The van der Waals surface area contributed by atoms with E-state index in [0.29, 0.717) is 45.7 Å². The van der Waals surface area contributed by atoms with Crippen LogP contribution in [0.25, 0.3) is 16.5 Å². The monoisotopic (exact) mass is 599 g/mol. The summed E-state index contributed by atoms with van der Waals surface area (Å²) < 4.78 is 45.3. The molecule has 4 N–H and O–H groups in total. The van der Waals surface area contributed by atoms with Gasteiger partial charge in [0.15, 0.2) is 0 Å². The highest BCUT2D eigenvalue weighted by Gasteiger charge is 2.31. The molecule has 220 valence electrons. The Labute approximate surface area is 245 Å². The molecule has 1 heterocycles. The van der Waals surface area contributed by atoms with Gasteiger partial charge in [-0.25, -0.2) is 9.97 Å². The van der Waals surface area contributed by atoms with Crippen LogP contribution in [-0.4, -0.2) is 46.5 Å². The number of halogens is 4. The van der Waals surface area contributed by atoms with Crippen LogP contribution in [-0.2, 0) is 16.6 Å². The molecule has 1 amide bonds. The maximum atomic E-state index is 13.2. The molecule has 8 nitrogen and oxygen atoms in total. The molecular weight excluding hydrogens is 571 g/mol. The van der Waals surface area contributed by atoms with E-state index in [2.05, 4.69) is 15.3 Å². The zero-order valence-corrected chi connectivity index (χ0v) is 24.0. The highest BCUT2D eigenvalue weighted by atomic mass is 35.5. The Morgan fingerprint density at radius 2 is 1.86 bits per heavy atom. The van der Waals surface area contributed by atoms with Crippen LogP contribution < -0.4 is 15.8 Å². The van der Waals surface area contributed by atoms with E-state index in [9.17, 15) is 23.1 Å². The van der Waals surface area contributed by atoms with Gasteiger partial charge >= 0.3 is 6.18 Å². The number of nitrogens with zero attached hydrogens (tertiary/aromatic N) is 3. The number of aliphatic hydroxyl groups is 1. The van der Waals surface area contributed by atoms with Crippen LogP contribution in [0, 0.1) is 0 Å². The van der Waals surface area contributed by atoms with Crippen LogP contribution in [0.5, 0.6) is 11.5 Å². The zero-order valence-electron chi connectivity index (χ0n) is 23.3. The highest BCUT2D eigenvalue weighted by Crippen LogP contribution is 2.41. The Bertz CT molecular complexity index is 1670. The van der Waals surface area contributed by atoms with Crippen LogP contribution in [0.3, 0.4) is 0 Å². The number of nitrogens with one attached hydrogen (secondary N) is 1. The lowest BCUT2D eigenvalue weighted by Gasteiger charge is -2.24. The maximum absolute atomic E-state index is 13.2. The van der Waals surface area contributed by atoms with E-state index >= 15 is 0 Å². The fourth-order valence-electron chi connectivity index (χ4n) is 4.19. The lowest BCUT2D eigenvalue weighted by Crippen LogP contribution is -2.18. The van der Waals surface area contributed by atoms with Crippen molar-refractivity contribution in [2.75, 3.05) is 26.0 Å². The van der Waals surface area contributed by atoms with Gasteiger partial charge in [-0.2, -0.15) is 13.2 Å². The molecule has 0 radical (unpaired) electrons. The molecule has 0 unspecified atom stereocenters. The number of primary amides is 1. The largest absolute Gasteiger partial charge is 0.456 e. The molecule has 0 bridgehead atoms. The van der Waals surface area contributed by atoms with Gasteiger partial charge in [0.1, 0.15) is 23.6 Å². The normalized spacial score (nSPS) is 12.6. The van der Waals surface area contributed by atoms with Gasteiger partial charge < -0.3 is 25.8 Å². The minimum absolute atomic E-state index is 0.0469. The van der Waals surface area contributed by atoms with Gasteiger partial charge in [-0.05, 0) is 76.0 Å². The molecule has 3 aromatic carbocycles. The predicted molar refractivity (Wildman–Crippen MR) is 157 cm³/mol. The van der Waals surface area contributed by atoms with Crippen LogP contribution in [0.4, 0.5) is 24.7 Å². The summed E-state index contributed by atoms with van der Waals surface area (Å²) in [6, 6.07) is 12.6. The Hall–Kier alpha value is -4.19. The number of carbonyl (C=O) groups excluding carboxylic acids is 1. The van der Waals surface area contributed by atoms with Crippen LogP contribution in [0.2, 0.25) is 5.02 Å². The number of rotatable bonds is 9. The molecule has 0 aliphatic rings. The molecule has 12 heteroatoms. The Balaban J connectivity index is 1.76. The molecule has 0 fully saturated rings. The number of fused-ring (bicyclic) bond motifs is 1. The van der Waals surface area contributed by atoms with E-state index in [-0.39, 0.29) is 16.5 Å². The highest BCUT2D eigenvalue weighted by molar-refractivity contribution is 6.32. The first kappa shape index (κ1) is 30.8. The summed E-state index contributed by atoms with van der Waals surface area (Å²) in [5.41, 5.74) is 5.54. The quantitative estimate of drug-likeness (QED) is 0.188. The van der Waals surface area contributed by atoms with E-state index < -0.39 is 23.2 Å². The summed E-state index contributed by atoms with van der Waals surface area (Å²) in [6.45, 7) is 3.58. The van der Waals surface area contributed by atoms with Gasteiger partial charge in [0, 0.05) is 28.8 Å². The van der Waals surface area contributed by atoms with Crippen molar-refractivity contribution in [3.05, 3.63) is 88.7 Å². The van der Waals surface area contributed by atoms with Crippen molar-refractivity contribution in [2.45, 2.75) is 25.6 Å².